The third-order valence-electron chi connectivity index (χ3n) is 3.30. The third-order valence-corrected chi connectivity index (χ3v) is 3.73. The van der Waals surface area contributed by atoms with Gasteiger partial charge in [-0.1, -0.05) is 0 Å². The minimum atomic E-state index is 0.0318. The minimum Gasteiger partial charge on any atom is -0.385 e. The van der Waals surface area contributed by atoms with Gasteiger partial charge in [0.1, 0.15) is 5.69 Å². The molecule has 0 spiro atoms. The number of aromatic nitrogens is 1. The lowest BCUT2D eigenvalue weighted by Crippen LogP contribution is -2.26. The highest BCUT2D eigenvalue weighted by Crippen LogP contribution is 2.37. The van der Waals surface area contributed by atoms with E-state index in [2.05, 4.69) is 25.8 Å². The Hall–Kier alpha value is -0.810. The van der Waals surface area contributed by atoms with Gasteiger partial charge < -0.3 is 14.6 Å². The van der Waals surface area contributed by atoms with Gasteiger partial charge in [-0.3, -0.25) is 4.79 Å². The summed E-state index contributed by atoms with van der Waals surface area (Å²) in [4.78, 5) is 12.1. The van der Waals surface area contributed by atoms with Crippen LogP contribution in [0.1, 0.15) is 48.6 Å². The van der Waals surface area contributed by atoms with Crippen LogP contribution in [0.2, 0.25) is 0 Å². The van der Waals surface area contributed by atoms with Crippen LogP contribution >= 0.6 is 15.9 Å². The van der Waals surface area contributed by atoms with Crippen molar-refractivity contribution >= 4 is 21.8 Å². The molecule has 1 heterocycles. The molecule has 106 valence electrons. The van der Waals surface area contributed by atoms with E-state index in [1.54, 1.807) is 7.11 Å². The zero-order chi connectivity index (χ0) is 13.7. The molecule has 0 atom stereocenters. The molecular weight excluding hydrogens is 308 g/mol. The van der Waals surface area contributed by atoms with Gasteiger partial charge in [0.15, 0.2) is 0 Å². The van der Waals surface area contributed by atoms with Crippen LogP contribution in [0.25, 0.3) is 0 Å². The van der Waals surface area contributed by atoms with Gasteiger partial charge in [0.2, 0.25) is 0 Å². The summed E-state index contributed by atoms with van der Waals surface area (Å²) in [6.45, 7) is 1.53. The molecule has 0 aromatic carbocycles. The van der Waals surface area contributed by atoms with Crippen molar-refractivity contribution in [1.82, 2.24) is 9.88 Å². The molecule has 5 heteroatoms. The summed E-state index contributed by atoms with van der Waals surface area (Å²) in [7, 11) is 1.71. The van der Waals surface area contributed by atoms with Gasteiger partial charge in [0, 0.05) is 37.0 Å². The topological polar surface area (TPSA) is 43.3 Å². The molecule has 1 amide bonds. The fraction of sp³-hybridized carbons (Fsp3) is 0.643. The van der Waals surface area contributed by atoms with Crippen LogP contribution in [0.15, 0.2) is 16.7 Å². The second-order valence-corrected chi connectivity index (χ2v) is 5.91. The van der Waals surface area contributed by atoms with E-state index in [1.807, 2.05) is 12.3 Å². The monoisotopic (exact) mass is 328 g/mol. The normalized spacial score (nSPS) is 14.6. The zero-order valence-electron chi connectivity index (χ0n) is 11.3. The van der Waals surface area contributed by atoms with Gasteiger partial charge in [-0.25, -0.2) is 0 Å². The number of methoxy groups -OCH3 is 1. The van der Waals surface area contributed by atoms with E-state index < -0.39 is 0 Å². The maximum atomic E-state index is 12.1. The van der Waals surface area contributed by atoms with Gasteiger partial charge in [0.05, 0.1) is 0 Å². The molecule has 0 unspecified atom stereocenters. The Balaban J connectivity index is 1.76. The fourth-order valence-electron chi connectivity index (χ4n) is 2.12. The average Bonchev–Trinajstić information content (AvgIpc) is 3.16. The summed E-state index contributed by atoms with van der Waals surface area (Å²) in [6, 6.07) is 2.42. The molecule has 0 aliphatic heterocycles. The molecule has 1 aromatic heterocycles. The van der Waals surface area contributed by atoms with E-state index in [4.69, 9.17) is 4.74 Å². The highest BCUT2D eigenvalue weighted by atomic mass is 79.9. The second kappa shape index (κ2) is 7.10. The number of hydrogen-bond acceptors (Lipinski definition) is 2. The van der Waals surface area contributed by atoms with Crippen LogP contribution in [0.4, 0.5) is 0 Å². The van der Waals surface area contributed by atoms with Crippen LogP contribution < -0.4 is 5.32 Å². The van der Waals surface area contributed by atoms with Gasteiger partial charge in [-0.05, 0) is 54.1 Å². The SMILES string of the molecule is COCCCCCNC(=O)c1cc(Br)cn1C1CC1. The molecule has 0 saturated heterocycles. The van der Waals surface area contributed by atoms with Crippen LogP contribution in [0, 0.1) is 0 Å². The Bertz CT molecular complexity index is 427. The molecule has 4 nitrogen and oxygen atoms in total. The summed E-state index contributed by atoms with van der Waals surface area (Å²) in [5.74, 6) is 0.0318. The van der Waals surface area contributed by atoms with Gasteiger partial charge in [0.25, 0.3) is 5.91 Å². The Morgan fingerprint density at radius 1 is 1.47 bits per heavy atom. The van der Waals surface area contributed by atoms with E-state index in [-0.39, 0.29) is 5.91 Å². The summed E-state index contributed by atoms with van der Waals surface area (Å²) in [5, 5.41) is 2.99. The third kappa shape index (κ3) is 4.35. The molecule has 1 fully saturated rings. The quantitative estimate of drug-likeness (QED) is 0.745. The van der Waals surface area contributed by atoms with E-state index in [9.17, 15) is 4.79 Å². The number of carbonyl (C=O) groups is 1. The maximum Gasteiger partial charge on any atom is 0.267 e. The number of hydrogen-bond donors (Lipinski definition) is 1. The van der Waals surface area contributed by atoms with Crippen molar-refractivity contribution in [1.29, 1.82) is 0 Å². The molecule has 19 heavy (non-hydrogen) atoms. The number of carbonyl (C=O) groups excluding carboxylic acids is 1. The van der Waals surface area contributed by atoms with Crippen molar-refractivity contribution in [2.45, 2.75) is 38.1 Å². The van der Waals surface area contributed by atoms with Crippen LogP contribution in [-0.4, -0.2) is 30.7 Å². The minimum absolute atomic E-state index is 0.0318. The number of unbranched alkanes of at least 4 members (excludes halogenated alkanes) is 2. The lowest BCUT2D eigenvalue weighted by Gasteiger charge is -2.08. The Morgan fingerprint density at radius 2 is 2.26 bits per heavy atom. The highest BCUT2D eigenvalue weighted by Gasteiger charge is 2.27. The van der Waals surface area contributed by atoms with Gasteiger partial charge in [-0.2, -0.15) is 0 Å². The van der Waals surface area contributed by atoms with Crippen molar-refractivity contribution in [2.75, 3.05) is 20.3 Å². The van der Waals surface area contributed by atoms with E-state index >= 15 is 0 Å². The van der Waals surface area contributed by atoms with Crippen molar-refractivity contribution < 1.29 is 9.53 Å². The second-order valence-electron chi connectivity index (χ2n) is 4.99. The smallest absolute Gasteiger partial charge is 0.267 e. The largest absolute Gasteiger partial charge is 0.385 e. The van der Waals surface area contributed by atoms with Crippen molar-refractivity contribution in [3.63, 3.8) is 0 Å². The van der Waals surface area contributed by atoms with Crippen LogP contribution in [0.5, 0.6) is 0 Å². The predicted octanol–water partition coefficient (Wildman–Crippen LogP) is 3.13. The number of nitrogens with zero attached hydrogens (tertiary/aromatic N) is 1. The molecule has 0 radical (unpaired) electrons. The molecule has 1 saturated carbocycles. The lowest BCUT2D eigenvalue weighted by atomic mass is 10.2. The fourth-order valence-corrected chi connectivity index (χ4v) is 2.56. The first-order valence-corrected chi connectivity index (χ1v) is 7.66. The van der Waals surface area contributed by atoms with Crippen LogP contribution in [0.3, 0.4) is 0 Å². The van der Waals surface area contributed by atoms with E-state index in [0.717, 1.165) is 42.6 Å². The molecule has 1 aliphatic rings. The summed E-state index contributed by atoms with van der Waals surface area (Å²) < 4.78 is 8.06. The first-order chi connectivity index (χ1) is 9.22. The summed E-state index contributed by atoms with van der Waals surface area (Å²) in [5.41, 5.74) is 0.770. The van der Waals surface area contributed by atoms with Crippen LogP contribution in [-0.2, 0) is 4.74 Å². The lowest BCUT2D eigenvalue weighted by molar-refractivity contribution is 0.0943. The Kier molecular flexibility index (Phi) is 5.45. The van der Waals surface area contributed by atoms with E-state index in [0.29, 0.717) is 6.04 Å². The van der Waals surface area contributed by atoms with Crippen molar-refractivity contribution in [3.05, 3.63) is 22.4 Å². The van der Waals surface area contributed by atoms with Gasteiger partial charge in [-0.15, -0.1) is 0 Å². The zero-order valence-corrected chi connectivity index (χ0v) is 12.9. The average molecular weight is 329 g/mol. The van der Waals surface area contributed by atoms with Gasteiger partial charge >= 0.3 is 0 Å². The highest BCUT2D eigenvalue weighted by molar-refractivity contribution is 9.10. The first kappa shape index (κ1) is 14.6. The van der Waals surface area contributed by atoms with E-state index in [1.165, 1.54) is 12.8 Å². The number of ether oxygens (including phenoxy) is 1. The predicted molar refractivity (Wildman–Crippen MR) is 78.5 cm³/mol. The molecular formula is C14H21BrN2O2. The maximum absolute atomic E-state index is 12.1. The molecule has 0 bridgehead atoms. The Labute approximate surface area is 122 Å². The number of rotatable bonds is 8. The molecule has 1 N–H and O–H groups in total. The standard InChI is InChI=1S/C14H21BrN2O2/c1-19-8-4-2-3-7-16-14(18)13-9-11(15)10-17(13)12-5-6-12/h9-10,12H,2-8H2,1H3,(H,16,18). The molecule has 2 rings (SSSR count). The summed E-state index contributed by atoms with van der Waals surface area (Å²) in [6.07, 6.45) is 7.50. The van der Waals surface area contributed by atoms with Crippen molar-refractivity contribution in [3.8, 4) is 0 Å². The first-order valence-electron chi connectivity index (χ1n) is 6.87. The summed E-state index contributed by atoms with van der Waals surface area (Å²) >= 11 is 3.44. The number of nitrogens with one attached hydrogen (secondary N) is 1. The van der Waals surface area contributed by atoms with Crippen molar-refractivity contribution in [2.24, 2.45) is 0 Å². The number of halogens is 1. The molecule has 1 aromatic rings. The molecule has 1 aliphatic carbocycles. The Morgan fingerprint density at radius 3 is 2.95 bits per heavy atom. The number of amides is 1.